The maximum atomic E-state index is 12.2. The van der Waals surface area contributed by atoms with Crippen LogP contribution in [0, 0.1) is 0 Å². The molecule has 1 unspecified atom stereocenters. The lowest BCUT2D eigenvalue weighted by molar-refractivity contribution is -0.130. The molecule has 0 bridgehead atoms. The number of phenolic OH excluding ortho intramolecular Hbond substituents is 1. The van der Waals surface area contributed by atoms with Crippen LogP contribution < -0.4 is 19.6 Å². The zero-order chi connectivity index (χ0) is 18.5. The van der Waals surface area contributed by atoms with E-state index in [1.54, 1.807) is 30.3 Å². The standard InChI is InChI=1S/C18H17BrN2O5/c1-2-24-15-8-12(19)7-11(17(15)22)9-20-21-18(23)16-10-25-13-5-3-4-6-14(13)26-16/h3-9,16,22H,2,10H2,1H3,(H,21,23)/b20-9-. The third kappa shape index (κ3) is 4.08. The summed E-state index contributed by atoms with van der Waals surface area (Å²) in [4.78, 5) is 12.2. The van der Waals surface area contributed by atoms with Crippen molar-refractivity contribution in [3.8, 4) is 23.0 Å². The Balaban J connectivity index is 1.65. The number of aromatic hydroxyl groups is 1. The minimum absolute atomic E-state index is 0.0563. The van der Waals surface area contributed by atoms with E-state index in [-0.39, 0.29) is 12.4 Å². The van der Waals surface area contributed by atoms with E-state index in [2.05, 4.69) is 26.5 Å². The van der Waals surface area contributed by atoms with Crippen LogP contribution in [0.25, 0.3) is 0 Å². The first-order chi connectivity index (χ1) is 12.6. The number of amides is 1. The third-order valence-corrected chi connectivity index (χ3v) is 4.01. The summed E-state index contributed by atoms with van der Waals surface area (Å²) in [5.74, 6) is 0.932. The van der Waals surface area contributed by atoms with Crippen LogP contribution in [-0.2, 0) is 4.79 Å². The van der Waals surface area contributed by atoms with E-state index in [4.69, 9.17) is 14.2 Å². The maximum Gasteiger partial charge on any atom is 0.284 e. The largest absolute Gasteiger partial charge is 0.504 e. The molecule has 0 saturated heterocycles. The summed E-state index contributed by atoms with van der Waals surface area (Å²) in [5.41, 5.74) is 2.79. The van der Waals surface area contributed by atoms with Crippen LogP contribution >= 0.6 is 15.9 Å². The number of phenols is 1. The predicted molar refractivity (Wildman–Crippen MR) is 99.1 cm³/mol. The number of ether oxygens (including phenoxy) is 3. The highest BCUT2D eigenvalue weighted by Gasteiger charge is 2.27. The Kier molecular flexibility index (Phi) is 5.62. The van der Waals surface area contributed by atoms with Crippen LogP contribution in [0.2, 0.25) is 0 Å². The van der Waals surface area contributed by atoms with Crippen molar-refractivity contribution in [2.75, 3.05) is 13.2 Å². The highest BCUT2D eigenvalue weighted by Crippen LogP contribution is 2.33. The fourth-order valence-corrected chi connectivity index (χ4v) is 2.80. The number of halogens is 1. The number of hydrazone groups is 1. The molecule has 0 spiro atoms. The topological polar surface area (TPSA) is 89.4 Å². The normalized spacial score (nSPS) is 15.7. The van der Waals surface area contributed by atoms with E-state index in [1.165, 1.54) is 6.21 Å². The van der Waals surface area contributed by atoms with E-state index < -0.39 is 12.0 Å². The summed E-state index contributed by atoms with van der Waals surface area (Å²) >= 11 is 3.34. The van der Waals surface area contributed by atoms with Gasteiger partial charge in [0.15, 0.2) is 23.0 Å². The number of para-hydroxylation sites is 2. The molecule has 0 aromatic heterocycles. The van der Waals surface area contributed by atoms with Crippen LogP contribution in [-0.4, -0.2) is 36.5 Å². The molecule has 1 heterocycles. The summed E-state index contributed by atoms with van der Waals surface area (Å²) in [6, 6.07) is 10.4. The van der Waals surface area contributed by atoms with E-state index >= 15 is 0 Å². The molecule has 7 nitrogen and oxygen atoms in total. The van der Waals surface area contributed by atoms with Crippen molar-refractivity contribution in [1.29, 1.82) is 0 Å². The minimum Gasteiger partial charge on any atom is -0.504 e. The van der Waals surface area contributed by atoms with Crippen molar-refractivity contribution < 1.29 is 24.1 Å². The Hall–Kier alpha value is -2.74. The van der Waals surface area contributed by atoms with Crippen LogP contribution in [0.3, 0.4) is 0 Å². The quantitative estimate of drug-likeness (QED) is 0.573. The van der Waals surface area contributed by atoms with Gasteiger partial charge in [-0.3, -0.25) is 4.79 Å². The number of nitrogens with zero attached hydrogens (tertiary/aromatic N) is 1. The lowest BCUT2D eigenvalue weighted by Crippen LogP contribution is -2.42. The number of nitrogens with one attached hydrogen (secondary N) is 1. The van der Waals surface area contributed by atoms with Crippen molar-refractivity contribution in [2.24, 2.45) is 5.10 Å². The van der Waals surface area contributed by atoms with E-state index in [9.17, 15) is 9.90 Å². The molecule has 0 aliphatic carbocycles. The van der Waals surface area contributed by atoms with Gasteiger partial charge in [0.1, 0.15) is 6.61 Å². The molecule has 1 amide bonds. The van der Waals surface area contributed by atoms with Gasteiger partial charge in [-0.2, -0.15) is 5.10 Å². The molecule has 3 rings (SSSR count). The van der Waals surface area contributed by atoms with Gasteiger partial charge < -0.3 is 19.3 Å². The molecule has 0 radical (unpaired) electrons. The average Bonchev–Trinajstić information content (AvgIpc) is 2.65. The first-order valence-electron chi connectivity index (χ1n) is 7.95. The summed E-state index contributed by atoms with van der Waals surface area (Å²) in [5, 5.41) is 14.1. The van der Waals surface area contributed by atoms with Gasteiger partial charge in [0.25, 0.3) is 5.91 Å². The predicted octanol–water partition coefficient (Wildman–Crippen LogP) is 2.84. The Labute approximate surface area is 158 Å². The number of hydrogen-bond donors (Lipinski definition) is 2. The number of hydrogen-bond acceptors (Lipinski definition) is 6. The fourth-order valence-electron chi connectivity index (χ4n) is 2.34. The maximum absolute atomic E-state index is 12.2. The Morgan fingerprint density at radius 1 is 1.42 bits per heavy atom. The highest BCUT2D eigenvalue weighted by molar-refractivity contribution is 9.10. The van der Waals surface area contributed by atoms with Gasteiger partial charge in [-0.25, -0.2) is 5.43 Å². The van der Waals surface area contributed by atoms with Gasteiger partial charge in [-0.15, -0.1) is 0 Å². The van der Waals surface area contributed by atoms with Gasteiger partial charge >= 0.3 is 0 Å². The summed E-state index contributed by atoms with van der Waals surface area (Å²) in [6.45, 7) is 2.32. The molecule has 2 N–H and O–H groups in total. The zero-order valence-electron chi connectivity index (χ0n) is 13.9. The molecule has 1 aliphatic rings. The number of carbonyl (C=O) groups excluding carboxylic acids is 1. The first kappa shape index (κ1) is 18.1. The van der Waals surface area contributed by atoms with E-state index in [0.29, 0.717) is 33.9 Å². The van der Waals surface area contributed by atoms with Gasteiger partial charge in [0.2, 0.25) is 6.10 Å². The van der Waals surface area contributed by atoms with Gasteiger partial charge in [0.05, 0.1) is 12.8 Å². The summed E-state index contributed by atoms with van der Waals surface area (Å²) in [7, 11) is 0. The Bertz CT molecular complexity index is 840. The molecule has 2 aromatic carbocycles. The summed E-state index contributed by atoms with van der Waals surface area (Å²) < 4.78 is 17.2. The lowest BCUT2D eigenvalue weighted by Gasteiger charge is -2.24. The molecular weight excluding hydrogens is 404 g/mol. The molecule has 2 aromatic rings. The van der Waals surface area contributed by atoms with Crippen LogP contribution in [0.15, 0.2) is 46.0 Å². The van der Waals surface area contributed by atoms with Crippen LogP contribution in [0.4, 0.5) is 0 Å². The number of fused-ring (bicyclic) bond motifs is 1. The van der Waals surface area contributed by atoms with Crippen LogP contribution in [0.5, 0.6) is 23.0 Å². The molecule has 0 saturated carbocycles. The zero-order valence-corrected chi connectivity index (χ0v) is 15.5. The third-order valence-electron chi connectivity index (χ3n) is 3.55. The van der Waals surface area contributed by atoms with Crippen molar-refractivity contribution in [3.05, 3.63) is 46.4 Å². The van der Waals surface area contributed by atoms with Gasteiger partial charge in [-0.05, 0) is 31.2 Å². The Morgan fingerprint density at radius 2 is 2.19 bits per heavy atom. The molecule has 0 fully saturated rings. The SMILES string of the molecule is CCOc1cc(Br)cc(/C=N\NC(=O)C2COc3ccccc3O2)c1O. The van der Waals surface area contributed by atoms with Crippen molar-refractivity contribution in [2.45, 2.75) is 13.0 Å². The summed E-state index contributed by atoms with van der Waals surface area (Å²) in [6.07, 6.45) is 0.523. The smallest absolute Gasteiger partial charge is 0.284 e. The first-order valence-corrected chi connectivity index (χ1v) is 8.74. The number of benzene rings is 2. The minimum atomic E-state index is -0.808. The molecule has 26 heavy (non-hydrogen) atoms. The second kappa shape index (κ2) is 8.09. The van der Waals surface area contributed by atoms with Crippen molar-refractivity contribution >= 4 is 28.1 Å². The van der Waals surface area contributed by atoms with Crippen molar-refractivity contribution in [1.82, 2.24) is 5.43 Å². The van der Waals surface area contributed by atoms with E-state index in [0.717, 1.165) is 0 Å². The number of rotatable bonds is 5. The molecule has 8 heteroatoms. The van der Waals surface area contributed by atoms with Gasteiger partial charge in [-0.1, -0.05) is 28.1 Å². The van der Waals surface area contributed by atoms with Crippen LogP contribution in [0.1, 0.15) is 12.5 Å². The molecule has 1 atom stereocenters. The second-order valence-electron chi connectivity index (χ2n) is 5.37. The van der Waals surface area contributed by atoms with Gasteiger partial charge in [0, 0.05) is 10.0 Å². The highest BCUT2D eigenvalue weighted by atomic mass is 79.9. The molecule has 136 valence electrons. The monoisotopic (exact) mass is 420 g/mol. The second-order valence-corrected chi connectivity index (χ2v) is 6.29. The number of carbonyl (C=O) groups is 1. The van der Waals surface area contributed by atoms with E-state index in [1.807, 2.05) is 13.0 Å². The fraction of sp³-hybridized carbons (Fsp3) is 0.222. The lowest BCUT2D eigenvalue weighted by atomic mass is 10.2. The Morgan fingerprint density at radius 3 is 2.96 bits per heavy atom. The average molecular weight is 421 g/mol. The molecular formula is C18H17BrN2O5. The molecule has 1 aliphatic heterocycles. The van der Waals surface area contributed by atoms with Crippen molar-refractivity contribution in [3.63, 3.8) is 0 Å².